The van der Waals surface area contributed by atoms with Gasteiger partial charge in [-0.3, -0.25) is 0 Å². The molecule has 2 fully saturated rings. The van der Waals surface area contributed by atoms with Crippen LogP contribution in [-0.2, 0) is 6.42 Å². The molecule has 1 N–H and O–H groups in total. The lowest BCUT2D eigenvalue weighted by Gasteiger charge is -2.49. The highest BCUT2D eigenvalue weighted by Gasteiger charge is 2.50. The molecule has 0 unspecified atom stereocenters. The fraction of sp³-hybridized carbons (Fsp3) is 0.684. The Morgan fingerprint density at radius 2 is 2.05 bits per heavy atom. The van der Waals surface area contributed by atoms with Crippen LogP contribution in [0.3, 0.4) is 0 Å². The number of rotatable bonds is 1. The number of phenols is 1. The molecule has 0 amide bonds. The molecule has 4 rings (SSSR count). The van der Waals surface area contributed by atoms with Gasteiger partial charge >= 0.3 is 0 Å². The second-order valence-corrected chi connectivity index (χ2v) is 7.72. The maximum atomic E-state index is 10.2. The van der Waals surface area contributed by atoms with Crippen LogP contribution in [0.5, 0.6) is 11.5 Å². The van der Waals surface area contributed by atoms with Gasteiger partial charge in [-0.25, -0.2) is 0 Å². The van der Waals surface area contributed by atoms with Crippen LogP contribution in [0.4, 0.5) is 0 Å². The summed E-state index contributed by atoms with van der Waals surface area (Å²) in [4.78, 5) is 0. The van der Waals surface area contributed by atoms with E-state index in [0.717, 1.165) is 18.3 Å². The predicted molar refractivity (Wildman–Crippen MR) is 83.9 cm³/mol. The summed E-state index contributed by atoms with van der Waals surface area (Å²) in [5.74, 6) is 3.37. The summed E-state index contributed by atoms with van der Waals surface area (Å²) in [5, 5.41) is 10.2. The van der Waals surface area contributed by atoms with Crippen LogP contribution in [0.1, 0.15) is 62.5 Å². The zero-order chi connectivity index (χ0) is 14.6. The van der Waals surface area contributed by atoms with Crippen molar-refractivity contribution in [3.05, 3.63) is 23.3 Å². The fourth-order valence-electron chi connectivity index (χ4n) is 5.74. The first-order valence-electron chi connectivity index (χ1n) is 8.52. The number of hydrogen-bond donors (Lipinski definition) is 1. The highest BCUT2D eigenvalue weighted by Crippen LogP contribution is 2.61. The fourth-order valence-corrected chi connectivity index (χ4v) is 5.74. The maximum Gasteiger partial charge on any atom is 0.160 e. The van der Waals surface area contributed by atoms with Gasteiger partial charge in [0.25, 0.3) is 0 Å². The Hall–Kier alpha value is -1.18. The maximum absolute atomic E-state index is 10.2. The van der Waals surface area contributed by atoms with Crippen molar-refractivity contribution < 1.29 is 9.84 Å². The van der Waals surface area contributed by atoms with Gasteiger partial charge in [-0.05, 0) is 85.0 Å². The summed E-state index contributed by atoms with van der Waals surface area (Å²) < 4.78 is 5.28. The minimum atomic E-state index is 0.316. The molecule has 21 heavy (non-hydrogen) atoms. The second kappa shape index (κ2) is 4.66. The van der Waals surface area contributed by atoms with E-state index in [0.29, 0.717) is 22.8 Å². The van der Waals surface area contributed by atoms with Gasteiger partial charge in [0.2, 0.25) is 0 Å². The quantitative estimate of drug-likeness (QED) is 0.814. The summed E-state index contributed by atoms with van der Waals surface area (Å²) >= 11 is 0. The van der Waals surface area contributed by atoms with Gasteiger partial charge in [-0.15, -0.1) is 0 Å². The molecule has 3 aliphatic rings. The molecular weight excluding hydrogens is 260 g/mol. The second-order valence-electron chi connectivity index (χ2n) is 7.72. The molecule has 2 heteroatoms. The van der Waals surface area contributed by atoms with E-state index in [-0.39, 0.29) is 0 Å². The molecule has 0 bridgehead atoms. The zero-order valence-electron chi connectivity index (χ0n) is 13.2. The van der Waals surface area contributed by atoms with Crippen molar-refractivity contribution in [3.8, 4) is 11.5 Å². The van der Waals surface area contributed by atoms with E-state index < -0.39 is 0 Å². The van der Waals surface area contributed by atoms with Crippen LogP contribution in [0.15, 0.2) is 12.1 Å². The number of fused-ring (bicyclic) bond motifs is 5. The molecule has 114 valence electrons. The van der Waals surface area contributed by atoms with Crippen LogP contribution < -0.4 is 4.74 Å². The lowest BCUT2D eigenvalue weighted by Crippen LogP contribution is -2.39. The summed E-state index contributed by atoms with van der Waals surface area (Å²) in [6, 6.07) is 4.08. The van der Waals surface area contributed by atoms with E-state index in [4.69, 9.17) is 4.74 Å². The third-order valence-electron chi connectivity index (χ3n) is 6.81. The van der Waals surface area contributed by atoms with Crippen LogP contribution in [-0.4, -0.2) is 12.2 Å². The predicted octanol–water partition coefficient (Wildman–Crippen LogP) is 4.65. The van der Waals surface area contributed by atoms with E-state index in [1.54, 1.807) is 7.11 Å². The lowest BCUT2D eigenvalue weighted by atomic mass is 9.56. The average Bonchev–Trinajstić information content (AvgIpc) is 2.88. The molecule has 0 aliphatic heterocycles. The number of benzene rings is 1. The van der Waals surface area contributed by atoms with Crippen molar-refractivity contribution in [2.24, 2.45) is 17.3 Å². The number of aryl methyl sites for hydroxylation is 1. The van der Waals surface area contributed by atoms with Crippen LogP contribution in [0.2, 0.25) is 0 Å². The largest absolute Gasteiger partial charge is 0.504 e. The van der Waals surface area contributed by atoms with Gasteiger partial charge in [0, 0.05) is 0 Å². The SMILES string of the molecule is COc1cc2c(cc1O)[C@H]1CC[C@@]3(C)CCC[C@H]3[C@@H]1CC2. The normalized spacial score (nSPS) is 37.5. The molecule has 0 spiro atoms. The van der Waals surface area contributed by atoms with E-state index in [9.17, 15) is 5.11 Å². The molecule has 3 aliphatic carbocycles. The van der Waals surface area contributed by atoms with Gasteiger partial charge in [0.05, 0.1) is 7.11 Å². The Kier molecular flexibility index (Phi) is 2.99. The van der Waals surface area contributed by atoms with Crippen molar-refractivity contribution in [1.29, 1.82) is 0 Å². The standard InChI is InChI=1S/C19H26O2/c1-19-8-3-4-16(19)14-6-5-12-10-18(21-2)17(20)11-15(12)13(14)7-9-19/h10-11,13-14,16,20H,3-9H2,1-2H3/t13-,14+,16-,19+/m0/s1. The molecule has 2 nitrogen and oxygen atoms in total. The Labute approximate surface area is 127 Å². The van der Waals surface area contributed by atoms with Crippen molar-refractivity contribution >= 4 is 0 Å². The summed E-state index contributed by atoms with van der Waals surface area (Å²) in [5.41, 5.74) is 3.43. The topological polar surface area (TPSA) is 29.5 Å². The molecule has 1 aromatic carbocycles. The van der Waals surface area contributed by atoms with Gasteiger partial charge in [-0.2, -0.15) is 0 Å². The van der Waals surface area contributed by atoms with Crippen LogP contribution in [0, 0.1) is 17.3 Å². The van der Waals surface area contributed by atoms with Crippen molar-refractivity contribution in [2.45, 2.75) is 57.8 Å². The smallest absolute Gasteiger partial charge is 0.160 e. The number of aromatic hydroxyl groups is 1. The summed E-state index contributed by atoms with van der Waals surface area (Å²) in [6.07, 6.45) is 9.43. The third kappa shape index (κ3) is 1.91. The molecule has 0 saturated heterocycles. The molecular formula is C19H26O2. The van der Waals surface area contributed by atoms with E-state index in [2.05, 4.69) is 13.0 Å². The minimum absolute atomic E-state index is 0.316. The summed E-state index contributed by atoms with van der Waals surface area (Å²) in [7, 11) is 1.64. The molecule has 4 atom stereocenters. The molecule has 0 radical (unpaired) electrons. The monoisotopic (exact) mass is 286 g/mol. The van der Waals surface area contributed by atoms with Crippen molar-refractivity contribution in [3.63, 3.8) is 0 Å². The molecule has 1 aromatic rings. The minimum Gasteiger partial charge on any atom is -0.504 e. The Morgan fingerprint density at radius 3 is 2.86 bits per heavy atom. The first kappa shape index (κ1) is 13.5. The zero-order valence-corrected chi connectivity index (χ0v) is 13.2. The van der Waals surface area contributed by atoms with E-state index in [1.165, 1.54) is 49.7 Å². The van der Waals surface area contributed by atoms with Crippen molar-refractivity contribution in [2.75, 3.05) is 7.11 Å². The van der Waals surface area contributed by atoms with Gasteiger partial charge in [-0.1, -0.05) is 13.3 Å². The first-order valence-corrected chi connectivity index (χ1v) is 8.52. The highest BCUT2D eigenvalue weighted by atomic mass is 16.5. The highest BCUT2D eigenvalue weighted by molar-refractivity contribution is 5.49. The van der Waals surface area contributed by atoms with Crippen molar-refractivity contribution in [1.82, 2.24) is 0 Å². The first-order chi connectivity index (χ1) is 10.1. The molecule has 0 heterocycles. The van der Waals surface area contributed by atoms with Crippen LogP contribution >= 0.6 is 0 Å². The lowest BCUT2D eigenvalue weighted by molar-refractivity contribution is 0.0597. The van der Waals surface area contributed by atoms with Crippen LogP contribution in [0.25, 0.3) is 0 Å². The van der Waals surface area contributed by atoms with E-state index >= 15 is 0 Å². The Balaban J connectivity index is 1.72. The molecule has 0 aromatic heterocycles. The number of ether oxygens (including phenoxy) is 1. The van der Waals surface area contributed by atoms with Gasteiger partial charge in [0.1, 0.15) is 0 Å². The summed E-state index contributed by atoms with van der Waals surface area (Å²) in [6.45, 7) is 2.53. The molecule has 2 saturated carbocycles. The van der Waals surface area contributed by atoms with E-state index in [1.807, 2.05) is 6.07 Å². The Bertz CT molecular complexity index is 565. The average molecular weight is 286 g/mol. The van der Waals surface area contributed by atoms with Gasteiger partial charge < -0.3 is 9.84 Å². The number of hydrogen-bond acceptors (Lipinski definition) is 2. The number of methoxy groups -OCH3 is 1. The third-order valence-corrected chi connectivity index (χ3v) is 6.81. The van der Waals surface area contributed by atoms with Gasteiger partial charge in [0.15, 0.2) is 11.5 Å². The Morgan fingerprint density at radius 1 is 1.19 bits per heavy atom. The number of phenolic OH excluding ortho intramolecular Hbond substituents is 1.